The van der Waals surface area contributed by atoms with Gasteiger partial charge in [0.1, 0.15) is 6.04 Å². The largest absolute Gasteiger partial charge is 0.346 e. The van der Waals surface area contributed by atoms with E-state index in [0.29, 0.717) is 6.42 Å². The van der Waals surface area contributed by atoms with Gasteiger partial charge in [-0.25, -0.2) is 0 Å². The Hall–Kier alpha value is -2.41. The molecule has 0 aliphatic carbocycles. The smallest absolute Gasteiger partial charge is 0.249 e. The van der Waals surface area contributed by atoms with Crippen LogP contribution in [0.15, 0.2) is 30.3 Å². The van der Waals surface area contributed by atoms with Gasteiger partial charge in [0.15, 0.2) is 0 Å². The molecule has 0 aromatic heterocycles. The van der Waals surface area contributed by atoms with Gasteiger partial charge in [0, 0.05) is 11.7 Å². The zero-order valence-electron chi connectivity index (χ0n) is 12.4. The first-order chi connectivity index (χ1) is 10.5. The summed E-state index contributed by atoms with van der Waals surface area (Å²) < 4.78 is 0. The fourth-order valence-corrected chi connectivity index (χ4v) is 2.52. The Morgan fingerprint density at radius 3 is 2.59 bits per heavy atom. The van der Waals surface area contributed by atoms with Crippen LogP contribution in [0.5, 0.6) is 0 Å². The predicted molar refractivity (Wildman–Crippen MR) is 82.0 cm³/mol. The van der Waals surface area contributed by atoms with Crippen molar-refractivity contribution >= 4 is 23.4 Å². The lowest BCUT2D eigenvalue weighted by Gasteiger charge is -2.21. The van der Waals surface area contributed by atoms with Crippen molar-refractivity contribution in [3.63, 3.8) is 0 Å². The van der Waals surface area contributed by atoms with Gasteiger partial charge in [0.05, 0.1) is 13.1 Å². The molecular weight excluding hydrogens is 284 g/mol. The van der Waals surface area contributed by atoms with E-state index < -0.39 is 17.9 Å². The summed E-state index contributed by atoms with van der Waals surface area (Å²) in [6.07, 6.45) is 0.532. The SMILES string of the molecule is CC1CC(NC(=O)CNC(=O)CN)C(=O)N1c1ccccc1. The van der Waals surface area contributed by atoms with Gasteiger partial charge in [0.2, 0.25) is 17.7 Å². The van der Waals surface area contributed by atoms with Crippen LogP contribution in [0, 0.1) is 0 Å². The number of rotatable bonds is 5. The summed E-state index contributed by atoms with van der Waals surface area (Å²) in [7, 11) is 0. The van der Waals surface area contributed by atoms with Crippen LogP contribution in [-0.4, -0.2) is 42.9 Å². The summed E-state index contributed by atoms with van der Waals surface area (Å²) >= 11 is 0. The van der Waals surface area contributed by atoms with Crippen LogP contribution in [0.1, 0.15) is 13.3 Å². The van der Waals surface area contributed by atoms with Crippen LogP contribution >= 0.6 is 0 Å². The molecule has 3 amide bonds. The van der Waals surface area contributed by atoms with Crippen LogP contribution < -0.4 is 21.3 Å². The molecule has 4 N–H and O–H groups in total. The highest BCUT2D eigenvalue weighted by molar-refractivity contribution is 6.02. The summed E-state index contributed by atoms with van der Waals surface area (Å²) in [6, 6.07) is 8.76. The van der Waals surface area contributed by atoms with Crippen molar-refractivity contribution in [3.8, 4) is 0 Å². The number of benzene rings is 1. The Labute approximate surface area is 128 Å². The standard InChI is InChI=1S/C15H20N4O3/c1-10-7-12(18-14(21)9-17-13(20)8-16)15(22)19(10)11-5-3-2-4-6-11/h2-6,10,12H,7-9,16H2,1H3,(H,17,20)(H,18,21). The lowest BCUT2D eigenvalue weighted by atomic mass is 10.2. The molecule has 0 radical (unpaired) electrons. The van der Waals surface area contributed by atoms with Crippen molar-refractivity contribution < 1.29 is 14.4 Å². The molecule has 2 unspecified atom stereocenters. The first-order valence-corrected chi connectivity index (χ1v) is 7.17. The second-order valence-electron chi connectivity index (χ2n) is 5.23. The second kappa shape index (κ2) is 7.04. The molecule has 0 spiro atoms. The van der Waals surface area contributed by atoms with Crippen molar-refractivity contribution in [2.75, 3.05) is 18.0 Å². The minimum Gasteiger partial charge on any atom is -0.346 e. The predicted octanol–water partition coefficient (Wildman–Crippen LogP) is -0.628. The van der Waals surface area contributed by atoms with Crippen LogP contribution in [0.25, 0.3) is 0 Å². The summed E-state index contributed by atoms with van der Waals surface area (Å²) in [4.78, 5) is 36.9. The summed E-state index contributed by atoms with van der Waals surface area (Å²) in [5.74, 6) is -0.952. The maximum atomic E-state index is 12.5. The lowest BCUT2D eigenvalue weighted by molar-refractivity contribution is -0.127. The third-order valence-electron chi connectivity index (χ3n) is 3.55. The summed E-state index contributed by atoms with van der Waals surface area (Å²) in [5.41, 5.74) is 5.95. The first-order valence-electron chi connectivity index (χ1n) is 7.17. The molecule has 1 fully saturated rings. The zero-order valence-corrected chi connectivity index (χ0v) is 12.4. The van der Waals surface area contributed by atoms with Crippen LogP contribution in [0.3, 0.4) is 0 Å². The molecule has 1 aromatic carbocycles. The van der Waals surface area contributed by atoms with E-state index in [1.807, 2.05) is 37.3 Å². The van der Waals surface area contributed by atoms with Crippen molar-refractivity contribution in [2.24, 2.45) is 5.73 Å². The number of para-hydroxylation sites is 1. The number of carbonyl (C=O) groups excluding carboxylic acids is 3. The maximum Gasteiger partial charge on any atom is 0.249 e. The third-order valence-corrected chi connectivity index (χ3v) is 3.55. The monoisotopic (exact) mass is 304 g/mol. The normalized spacial score (nSPS) is 20.8. The molecule has 2 rings (SSSR count). The highest BCUT2D eigenvalue weighted by atomic mass is 16.2. The van der Waals surface area contributed by atoms with Gasteiger partial charge in [-0.15, -0.1) is 0 Å². The molecule has 22 heavy (non-hydrogen) atoms. The van der Waals surface area contributed by atoms with E-state index in [1.165, 1.54) is 0 Å². The van der Waals surface area contributed by atoms with Gasteiger partial charge < -0.3 is 21.3 Å². The molecule has 1 aliphatic heterocycles. The van der Waals surface area contributed by atoms with E-state index in [9.17, 15) is 14.4 Å². The molecule has 1 saturated heterocycles. The number of hydrogen-bond donors (Lipinski definition) is 3. The van der Waals surface area contributed by atoms with Gasteiger partial charge in [-0.3, -0.25) is 14.4 Å². The third kappa shape index (κ3) is 3.62. The van der Waals surface area contributed by atoms with Crippen molar-refractivity contribution in [1.29, 1.82) is 0 Å². The van der Waals surface area contributed by atoms with E-state index >= 15 is 0 Å². The van der Waals surface area contributed by atoms with Crippen LogP contribution in [-0.2, 0) is 14.4 Å². The van der Waals surface area contributed by atoms with E-state index in [2.05, 4.69) is 10.6 Å². The van der Waals surface area contributed by atoms with Gasteiger partial charge >= 0.3 is 0 Å². The number of nitrogens with one attached hydrogen (secondary N) is 2. The summed E-state index contributed by atoms with van der Waals surface area (Å²) in [5, 5.41) is 5.03. The molecule has 7 heteroatoms. The molecule has 0 saturated carbocycles. The van der Waals surface area contributed by atoms with Crippen molar-refractivity contribution in [2.45, 2.75) is 25.4 Å². The molecule has 118 valence electrons. The first kappa shape index (κ1) is 16.0. The molecule has 7 nitrogen and oxygen atoms in total. The number of carbonyl (C=O) groups is 3. The van der Waals surface area contributed by atoms with E-state index in [4.69, 9.17) is 5.73 Å². The average Bonchev–Trinajstić information content (AvgIpc) is 2.79. The van der Waals surface area contributed by atoms with Crippen LogP contribution in [0.2, 0.25) is 0 Å². The van der Waals surface area contributed by atoms with E-state index in [0.717, 1.165) is 5.69 Å². The second-order valence-corrected chi connectivity index (χ2v) is 5.23. The quantitative estimate of drug-likeness (QED) is 0.673. The van der Waals surface area contributed by atoms with Crippen molar-refractivity contribution in [3.05, 3.63) is 30.3 Å². The van der Waals surface area contributed by atoms with Gasteiger partial charge in [-0.2, -0.15) is 0 Å². The highest BCUT2D eigenvalue weighted by Gasteiger charge is 2.38. The Morgan fingerprint density at radius 2 is 1.95 bits per heavy atom. The summed E-state index contributed by atoms with van der Waals surface area (Å²) in [6.45, 7) is 1.58. The van der Waals surface area contributed by atoms with E-state index in [-0.39, 0.29) is 25.0 Å². The number of hydrogen-bond acceptors (Lipinski definition) is 4. The molecule has 2 atom stereocenters. The molecular formula is C15H20N4O3. The average molecular weight is 304 g/mol. The molecule has 1 aromatic rings. The Balaban J connectivity index is 1.95. The fraction of sp³-hybridized carbons (Fsp3) is 0.400. The Morgan fingerprint density at radius 1 is 1.27 bits per heavy atom. The van der Waals surface area contributed by atoms with E-state index in [1.54, 1.807) is 4.90 Å². The highest BCUT2D eigenvalue weighted by Crippen LogP contribution is 2.26. The Kier molecular flexibility index (Phi) is 5.11. The number of nitrogens with two attached hydrogens (primary N) is 1. The van der Waals surface area contributed by atoms with Crippen LogP contribution in [0.4, 0.5) is 5.69 Å². The minimum absolute atomic E-state index is 0.00108. The molecule has 1 heterocycles. The van der Waals surface area contributed by atoms with Gasteiger partial charge in [-0.05, 0) is 25.5 Å². The van der Waals surface area contributed by atoms with Crippen molar-refractivity contribution in [1.82, 2.24) is 10.6 Å². The zero-order chi connectivity index (χ0) is 16.1. The molecule has 0 bridgehead atoms. The lowest BCUT2D eigenvalue weighted by Crippen LogP contribution is -2.46. The number of anilines is 1. The Bertz CT molecular complexity index is 561. The fourth-order valence-electron chi connectivity index (χ4n) is 2.52. The molecule has 1 aliphatic rings. The van der Waals surface area contributed by atoms with Gasteiger partial charge in [0.25, 0.3) is 0 Å². The van der Waals surface area contributed by atoms with Gasteiger partial charge in [-0.1, -0.05) is 18.2 Å². The topological polar surface area (TPSA) is 105 Å². The maximum absolute atomic E-state index is 12.5. The minimum atomic E-state index is -0.572. The number of nitrogens with zero attached hydrogens (tertiary/aromatic N) is 1. The number of amides is 3.